The molecule has 8 nitrogen and oxygen atoms in total. The summed E-state index contributed by atoms with van der Waals surface area (Å²) in [7, 11) is 1.59. The van der Waals surface area contributed by atoms with Crippen LogP contribution in [0.15, 0.2) is 53.1 Å². The van der Waals surface area contributed by atoms with Crippen LogP contribution in [0.1, 0.15) is 24.4 Å². The summed E-state index contributed by atoms with van der Waals surface area (Å²) in [6, 6.07) is 15.4. The van der Waals surface area contributed by atoms with Crippen LogP contribution in [0.5, 0.6) is 11.5 Å². The first-order valence-electron chi connectivity index (χ1n) is 10.7. The molecule has 3 aromatic rings. The minimum atomic E-state index is -0.0379. The van der Waals surface area contributed by atoms with Gasteiger partial charge in [0.15, 0.2) is 18.1 Å². The Hall–Kier alpha value is -3.39. The number of amides is 1. The molecule has 1 unspecified atom stereocenters. The smallest absolute Gasteiger partial charge is 0.260 e. The van der Waals surface area contributed by atoms with Crippen molar-refractivity contribution in [3.8, 4) is 22.9 Å². The number of carbonyl (C=O) groups is 1. The molecule has 0 bridgehead atoms. The first-order valence-corrected chi connectivity index (χ1v) is 10.7. The number of aromatic nitrogens is 2. The van der Waals surface area contributed by atoms with Crippen molar-refractivity contribution in [1.29, 1.82) is 0 Å². The molecular formula is C24H28N4O4. The summed E-state index contributed by atoms with van der Waals surface area (Å²) < 4.78 is 16.6. The minimum Gasteiger partial charge on any atom is -0.493 e. The monoisotopic (exact) mass is 436 g/mol. The van der Waals surface area contributed by atoms with Crippen LogP contribution in [-0.4, -0.2) is 65.7 Å². The van der Waals surface area contributed by atoms with E-state index in [1.807, 2.05) is 67.3 Å². The molecule has 0 radical (unpaired) electrons. The van der Waals surface area contributed by atoms with Crippen LogP contribution in [0.3, 0.4) is 0 Å². The van der Waals surface area contributed by atoms with E-state index >= 15 is 0 Å². The summed E-state index contributed by atoms with van der Waals surface area (Å²) in [6.07, 6.45) is 0. The van der Waals surface area contributed by atoms with Crippen molar-refractivity contribution >= 4 is 5.91 Å². The van der Waals surface area contributed by atoms with E-state index in [1.165, 1.54) is 0 Å². The molecule has 1 saturated heterocycles. The number of methoxy groups -OCH3 is 1. The van der Waals surface area contributed by atoms with Gasteiger partial charge in [0.25, 0.3) is 5.91 Å². The fourth-order valence-electron chi connectivity index (χ4n) is 3.75. The first kappa shape index (κ1) is 21.8. The van der Waals surface area contributed by atoms with Crippen LogP contribution < -0.4 is 9.47 Å². The Balaban J connectivity index is 1.29. The Bertz CT molecular complexity index is 1050. The first-order chi connectivity index (χ1) is 15.5. The fourth-order valence-corrected chi connectivity index (χ4v) is 3.75. The highest BCUT2D eigenvalue weighted by atomic mass is 16.5. The summed E-state index contributed by atoms with van der Waals surface area (Å²) in [5.74, 6) is 2.34. The lowest BCUT2D eigenvalue weighted by Crippen LogP contribution is -2.50. The van der Waals surface area contributed by atoms with Gasteiger partial charge in [0.1, 0.15) is 0 Å². The molecule has 8 heteroatoms. The van der Waals surface area contributed by atoms with Gasteiger partial charge >= 0.3 is 0 Å². The number of rotatable bonds is 7. The van der Waals surface area contributed by atoms with E-state index in [-0.39, 0.29) is 18.6 Å². The third kappa shape index (κ3) is 4.91. The maximum Gasteiger partial charge on any atom is 0.260 e. The highest BCUT2D eigenvalue weighted by molar-refractivity contribution is 5.78. The zero-order valence-corrected chi connectivity index (χ0v) is 18.7. The second-order valence-electron chi connectivity index (χ2n) is 7.86. The predicted octanol–water partition coefficient (Wildman–Crippen LogP) is 3.34. The maximum atomic E-state index is 12.6. The predicted molar refractivity (Wildman–Crippen MR) is 120 cm³/mol. The summed E-state index contributed by atoms with van der Waals surface area (Å²) in [4.78, 5) is 21.3. The van der Waals surface area contributed by atoms with E-state index in [9.17, 15) is 4.79 Å². The van der Waals surface area contributed by atoms with Gasteiger partial charge in [-0.2, -0.15) is 4.98 Å². The molecule has 0 N–H and O–H groups in total. The summed E-state index contributed by atoms with van der Waals surface area (Å²) >= 11 is 0. The molecule has 0 saturated carbocycles. The molecular weight excluding hydrogens is 408 g/mol. The molecule has 1 atom stereocenters. The Kier molecular flexibility index (Phi) is 6.70. The van der Waals surface area contributed by atoms with E-state index < -0.39 is 0 Å². The molecule has 32 heavy (non-hydrogen) atoms. The molecule has 1 aliphatic heterocycles. The average molecular weight is 437 g/mol. The van der Waals surface area contributed by atoms with Crippen molar-refractivity contribution in [3.63, 3.8) is 0 Å². The van der Waals surface area contributed by atoms with E-state index in [0.29, 0.717) is 36.3 Å². The minimum absolute atomic E-state index is 0.0148. The summed E-state index contributed by atoms with van der Waals surface area (Å²) in [6.45, 7) is 6.71. The van der Waals surface area contributed by atoms with Gasteiger partial charge in [-0.05, 0) is 31.5 Å². The summed E-state index contributed by atoms with van der Waals surface area (Å²) in [5, 5.41) is 4.11. The van der Waals surface area contributed by atoms with Crippen LogP contribution in [-0.2, 0) is 4.79 Å². The van der Waals surface area contributed by atoms with Gasteiger partial charge in [0.2, 0.25) is 11.7 Å². The van der Waals surface area contributed by atoms with Crippen molar-refractivity contribution in [2.45, 2.75) is 19.9 Å². The molecule has 4 rings (SSSR count). The van der Waals surface area contributed by atoms with Crippen LogP contribution in [0.25, 0.3) is 11.4 Å². The molecule has 168 valence electrons. The van der Waals surface area contributed by atoms with Crippen LogP contribution in [0.4, 0.5) is 0 Å². The lowest BCUT2D eigenvalue weighted by Gasteiger charge is -2.36. The normalized spacial score (nSPS) is 15.4. The van der Waals surface area contributed by atoms with E-state index in [4.69, 9.17) is 14.0 Å². The number of ether oxygens (including phenoxy) is 2. The lowest BCUT2D eigenvalue weighted by atomic mass is 10.2. The topological polar surface area (TPSA) is 80.9 Å². The third-order valence-corrected chi connectivity index (χ3v) is 5.72. The van der Waals surface area contributed by atoms with Crippen molar-refractivity contribution in [2.75, 3.05) is 39.9 Å². The molecule has 0 aliphatic carbocycles. The SMILES string of the molecule is COc1cc(C)ccc1OCC(=O)N1CCN(C(C)c2nc(-c3ccccc3)no2)CC1. The maximum absolute atomic E-state index is 12.6. The van der Waals surface area contributed by atoms with Crippen LogP contribution >= 0.6 is 0 Å². The number of hydrogen-bond acceptors (Lipinski definition) is 7. The lowest BCUT2D eigenvalue weighted by molar-refractivity contribution is -0.135. The number of benzene rings is 2. The highest BCUT2D eigenvalue weighted by Gasteiger charge is 2.28. The van der Waals surface area contributed by atoms with Gasteiger partial charge in [-0.3, -0.25) is 9.69 Å². The Morgan fingerprint density at radius 2 is 1.84 bits per heavy atom. The zero-order valence-electron chi connectivity index (χ0n) is 18.7. The van der Waals surface area contributed by atoms with Crippen molar-refractivity contribution in [2.24, 2.45) is 0 Å². The Morgan fingerprint density at radius 3 is 2.56 bits per heavy atom. The molecule has 1 aromatic heterocycles. The van der Waals surface area contributed by atoms with Crippen molar-refractivity contribution in [1.82, 2.24) is 19.9 Å². The van der Waals surface area contributed by atoms with E-state index in [0.717, 1.165) is 24.2 Å². The molecule has 1 fully saturated rings. The van der Waals surface area contributed by atoms with Crippen LogP contribution in [0.2, 0.25) is 0 Å². The second-order valence-corrected chi connectivity index (χ2v) is 7.86. The highest BCUT2D eigenvalue weighted by Crippen LogP contribution is 2.28. The quantitative estimate of drug-likeness (QED) is 0.562. The van der Waals surface area contributed by atoms with Gasteiger partial charge in [-0.25, -0.2) is 0 Å². The fraction of sp³-hybridized carbons (Fsp3) is 0.375. The number of aryl methyl sites for hydroxylation is 1. The van der Waals surface area contributed by atoms with Gasteiger partial charge in [-0.15, -0.1) is 0 Å². The standard InChI is InChI=1S/C24H28N4O4/c1-17-9-10-20(21(15-17)30-3)31-16-22(29)28-13-11-27(12-14-28)18(2)24-25-23(26-32-24)19-7-5-4-6-8-19/h4-10,15,18H,11-14,16H2,1-3H3. The molecule has 1 amide bonds. The number of piperazine rings is 1. The number of nitrogens with zero attached hydrogens (tertiary/aromatic N) is 4. The molecule has 1 aliphatic rings. The van der Waals surface area contributed by atoms with Gasteiger partial charge in [-0.1, -0.05) is 41.6 Å². The van der Waals surface area contributed by atoms with Crippen molar-refractivity contribution < 1.29 is 18.8 Å². The Morgan fingerprint density at radius 1 is 1.09 bits per heavy atom. The summed E-state index contributed by atoms with van der Waals surface area (Å²) in [5.41, 5.74) is 2.00. The Labute approximate surface area is 187 Å². The van der Waals surface area contributed by atoms with Gasteiger partial charge in [0.05, 0.1) is 13.2 Å². The average Bonchev–Trinajstić information content (AvgIpc) is 3.33. The van der Waals surface area contributed by atoms with E-state index in [2.05, 4.69) is 15.0 Å². The molecule has 2 heterocycles. The van der Waals surface area contributed by atoms with Crippen molar-refractivity contribution in [3.05, 3.63) is 60.0 Å². The number of carbonyl (C=O) groups excluding carboxylic acids is 1. The second kappa shape index (κ2) is 9.82. The zero-order chi connectivity index (χ0) is 22.5. The van der Waals surface area contributed by atoms with Crippen LogP contribution in [0, 0.1) is 6.92 Å². The van der Waals surface area contributed by atoms with E-state index in [1.54, 1.807) is 7.11 Å². The largest absolute Gasteiger partial charge is 0.493 e. The molecule has 0 spiro atoms. The molecule has 2 aromatic carbocycles. The third-order valence-electron chi connectivity index (χ3n) is 5.72. The number of hydrogen-bond donors (Lipinski definition) is 0. The van der Waals surface area contributed by atoms with Gasteiger partial charge in [0, 0.05) is 31.7 Å². The van der Waals surface area contributed by atoms with Gasteiger partial charge < -0.3 is 18.9 Å².